The second-order valence-corrected chi connectivity index (χ2v) is 4.78. The van der Waals surface area contributed by atoms with Crippen LogP contribution in [0.15, 0.2) is 46.9 Å². The molecule has 0 aromatic heterocycles. The largest absolute Gasteiger partial charge is 0.496 e. The summed E-state index contributed by atoms with van der Waals surface area (Å²) in [7, 11) is 1.53. The summed E-state index contributed by atoms with van der Waals surface area (Å²) in [6.45, 7) is 1.49. The molecule has 2 aromatic rings. The van der Waals surface area contributed by atoms with Crippen molar-refractivity contribution in [2.75, 3.05) is 7.11 Å². The fraction of sp³-hybridized carbons (Fsp3) is 0.133. The Labute approximate surface area is 120 Å². The van der Waals surface area contributed by atoms with Crippen LogP contribution in [-0.2, 0) is 0 Å². The summed E-state index contributed by atoms with van der Waals surface area (Å²) in [5, 5.41) is 0. The highest BCUT2D eigenvalue weighted by molar-refractivity contribution is 9.10. The summed E-state index contributed by atoms with van der Waals surface area (Å²) in [5.41, 5.74) is 0.445. The molecule has 0 aliphatic carbocycles. The Kier molecular flexibility index (Phi) is 4.22. The lowest BCUT2D eigenvalue weighted by atomic mass is 10.1. The van der Waals surface area contributed by atoms with Gasteiger partial charge in [0.1, 0.15) is 22.8 Å². The molecule has 0 heterocycles. The molecule has 4 heteroatoms. The zero-order valence-corrected chi connectivity index (χ0v) is 12.2. The Hall–Kier alpha value is -1.81. The van der Waals surface area contributed by atoms with Crippen molar-refractivity contribution in [2.24, 2.45) is 0 Å². The average Bonchev–Trinajstić information content (AvgIpc) is 2.40. The number of hydrogen-bond donors (Lipinski definition) is 0. The number of rotatable bonds is 4. The summed E-state index contributed by atoms with van der Waals surface area (Å²) in [6.07, 6.45) is 0. The summed E-state index contributed by atoms with van der Waals surface area (Å²) in [5.74, 6) is 1.55. The lowest BCUT2D eigenvalue weighted by Crippen LogP contribution is -2.01. The molecular weight excluding hydrogens is 308 g/mol. The molecule has 0 unspecified atom stereocenters. The van der Waals surface area contributed by atoms with Crippen LogP contribution >= 0.6 is 15.9 Å². The molecule has 98 valence electrons. The van der Waals surface area contributed by atoms with Crippen molar-refractivity contribution in [3.05, 3.63) is 52.5 Å². The first-order valence-corrected chi connectivity index (χ1v) is 6.53. The lowest BCUT2D eigenvalue weighted by molar-refractivity contribution is 0.101. The predicted molar refractivity (Wildman–Crippen MR) is 77.2 cm³/mol. The summed E-state index contributed by atoms with van der Waals surface area (Å²) in [6, 6.07) is 12.7. The van der Waals surface area contributed by atoms with Crippen LogP contribution in [0.25, 0.3) is 0 Å². The monoisotopic (exact) mass is 320 g/mol. The van der Waals surface area contributed by atoms with Crippen molar-refractivity contribution in [1.82, 2.24) is 0 Å². The molecule has 2 rings (SSSR count). The van der Waals surface area contributed by atoms with Crippen LogP contribution in [0.2, 0.25) is 0 Å². The van der Waals surface area contributed by atoms with E-state index in [-0.39, 0.29) is 5.78 Å². The fourth-order valence-corrected chi connectivity index (χ4v) is 2.12. The molecule has 0 amide bonds. The maximum atomic E-state index is 11.7. The van der Waals surface area contributed by atoms with Gasteiger partial charge in [0.2, 0.25) is 0 Å². The summed E-state index contributed by atoms with van der Waals surface area (Å²) in [4.78, 5) is 11.7. The number of para-hydroxylation sites is 1. The third-order valence-electron chi connectivity index (χ3n) is 2.62. The van der Waals surface area contributed by atoms with Gasteiger partial charge in [-0.3, -0.25) is 4.79 Å². The number of ether oxygens (including phenoxy) is 2. The molecule has 0 fully saturated rings. The highest BCUT2D eigenvalue weighted by Gasteiger charge is 2.16. The molecule has 0 aliphatic heterocycles. The molecule has 0 radical (unpaired) electrons. The van der Waals surface area contributed by atoms with Gasteiger partial charge in [-0.25, -0.2) is 0 Å². The predicted octanol–water partition coefficient (Wildman–Crippen LogP) is 4.45. The average molecular weight is 321 g/mol. The van der Waals surface area contributed by atoms with Crippen molar-refractivity contribution in [2.45, 2.75) is 6.92 Å². The van der Waals surface area contributed by atoms with Gasteiger partial charge >= 0.3 is 0 Å². The van der Waals surface area contributed by atoms with E-state index in [1.165, 1.54) is 14.0 Å². The number of halogens is 1. The van der Waals surface area contributed by atoms with Gasteiger partial charge in [0.25, 0.3) is 0 Å². The smallest absolute Gasteiger partial charge is 0.167 e. The normalized spacial score (nSPS) is 10.1. The van der Waals surface area contributed by atoms with Crippen LogP contribution < -0.4 is 9.47 Å². The zero-order valence-electron chi connectivity index (χ0n) is 10.6. The molecule has 0 saturated heterocycles. The minimum absolute atomic E-state index is 0.0977. The molecule has 2 aromatic carbocycles. The molecule has 0 bridgehead atoms. The van der Waals surface area contributed by atoms with E-state index in [1.54, 1.807) is 18.2 Å². The van der Waals surface area contributed by atoms with Gasteiger partial charge in [0, 0.05) is 0 Å². The van der Waals surface area contributed by atoms with E-state index < -0.39 is 0 Å². The Bertz CT molecular complexity index is 608. The Balaban J connectivity index is 2.46. The number of carbonyl (C=O) groups excluding carboxylic acids is 1. The SMILES string of the molecule is COc1cccc(Oc2ccccc2Br)c1C(C)=O. The van der Waals surface area contributed by atoms with Gasteiger partial charge in [-0.2, -0.15) is 0 Å². The second-order valence-electron chi connectivity index (χ2n) is 3.92. The van der Waals surface area contributed by atoms with Crippen LogP contribution in [0.3, 0.4) is 0 Å². The van der Waals surface area contributed by atoms with Crippen molar-refractivity contribution in [3.63, 3.8) is 0 Å². The first-order valence-electron chi connectivity index (χ1n) is 5.74. The third kappa shape index (κ3) is 2.96. The zero-order chi connectivity index (χ0) is 13.8. The maximum Gasteiger partial charge on any atom is 0.167 e. The first-order chi connectivity index (χ1) is 9.13. The van der Waals surface area contributed by atoms with E-state index in [4.69, 9.17) is 9.47 Å². The number of benzene rings is 2. The third-order valence-corrected chi connectivity index (χ3v) is 3.27. The molecular formula is C15H13BrO3. The van der Waals surface area contributed by atoms with Crippen LogP contribution in [0.4, 0.5) is 0 Å². The van der Waals surface area contributed by atoms with Gasteiger partial charge in [0.15, 0.2) is 5.78 Å². The van der Waals surface area contributed by atoms with E-state index in [0.29, 0.717) is 22.8 Å². The van der Waals surface area contributed by atoms with Crippen LogP contribution in [0.1, 0.15) is 17.3 Å². The number of methoxy groups -OCH3 is 1. The summed E-state index contributed by atoms with van der Waals surface area (Å²) < 4.78 is 11.8. The van der Waals surface area contributed by atoms with Gasteiger partial charge < -0.3 is 9.47 Å². The number of hydrogen-bond acceptors (Lipinski definition) is 3. The van der Waals surface area contributed by atoms with E-state index in [0.717, 1.165) is 4.47 Å². The molecule has 3 nitrogen and oxygen atoms in total. The van der Waals surface area contributed by atoms with E-state index in [9.17, 15) is 4.79 Å². The van der Waals surface area contributed by atoms with Crippen LogP contribution in [0.5, 0.6) is 17.2 Å². The van der Waals surface area contributed by atoms with Gasteiger partial charge in [-0.05, 0) is 47.1 Å². The highest BCUT2D eigenvalue weighted by Crippen LogP contribution is 2.35. The van der Waals surface area contributed by atoms with E-state index in [1.807, 2.05) is 24.3 Å². The Morgan fingerprint density at radius 2 is 1.63 bits per heavy atom. The quantitative estimate of drug-likeness (QED) is 0.780. The van der Waals surface area contributed by atoms with Gasteiger partial charge in [0.05, 0.1) is 11.6 Å². The molecule has 0 aliphatic rings. The maximum absolute atomic E-state index is 11.7. The van der Waals surface area contributed by atoms with E-state index >= 15 is 0 Å². The molecule has 19 heavy (non-hydrogen) atoms. The van der Waals surface area contributed by atoms with Crippen LogP contribution in [0, 0.1) is 0 Å². The molecule has 0 atom stereocenters. The first kappa shape index (κ1) is 13.6. The Morgan fingerprint density at radius 3 is 2.26 bits per heavy atom. The molecule has 0 N–H and O–H groups in total. The van der Waals surface area contributed by atoms with Gasteiger partial charge in [-0.15, -0.1) is 0 Å². The molecule has 0 spiro atoms. The van der Waals surface area contributed by atoms with Crippen molar-refractivity contribution in [1.29, 1.82) is 0 Å². The van der Waals surface area contributed by atoms with Crippen molar-refractivity contribution < 1.29 is 14.3 Å². The Morgan fingerprint density at radius 1 is 1.00 bits per heavy atom. The number of carbonyl (C=O) groups is 1. The topological polar surface area (TPSA) is 35.5 Å². The van der Waals surface area contributed by atoms with Crippen molar-refractivity contribution >= 4 is 21.7 Å². The standard InChI is InChI=1S/C15H13BrO3/c1-10(17)15-13(18-2)8-5-9-14(15)19-12-7-4-3-6-11(12)16/h3-9H,1-2H3. The van der Waals surface area contributed by atoms with E-state index in [2.05, 4.69) is 15.9 Å². The minimum Gasteiger partial charge on any atom is -0.496 e. The number of Topliss-reactive ketones (excluding diaryl/α,β-unsaturated/α-hetero) is 1. The second kappa shape index (κ2) is 5.89. The fourth-order valence-electron chi connectivity index (χ4n) is 1.76. The minimum atomic E-state index is -0.0977. The highest BCUT2D eigenvalue weighted by atomic mass is 79.9. The van der Waals surface area contributed by atoms with Crippen molar-refractivity contribution in [3.8, 4) is 17.2 Å². The molecule has 0 saturated carbocycles. The lowest BCUT2D eigenvalue weighted by Gasteiger charge is -2.13. The van der Waals surface area contributed by atoms with Gasteiger partial charge in [-0.1, -0.05) is 18.2 Å². The summed E-state index contributed by atoms with van der Waals surface area (Å²) >= 11 is 3.41. The number of ketones is 1. The van der Waals surface area contributed by atoms with Crippen LogP contribution in [-0.4, -0.2) is 12.9 Å².